The molecule has 0 amide bonds. The van der Waals surface area contributed by atoms with Gasteiger partial charge in [-0.05, 0) is 24.6 Å². The lowest BCUT2D eigenvalue weighted by molar-refractivity contribution is 0.812. The highest BCUT2D eigenvalue weighted by molar-refractivity contribution is 6.30. The fraction of sp³-hybridized carbons (Fsp3) is 0.231. The van der Waals surface area contributed by atoms with Gasteiger partial charge in [-0.2, -0.15) is 0 Å². The number of hydrogen-bond acceptors (Lipinski definition) is 2. The van der Waals surface area contributed by atoms with Crippen molar-refractivity contribution >= 4 is 23.2 Å². The zero-order valence-corrected chi connectivity index (χ0v) is 11.8. The van der Waals surface area contributed by atoms with Crippen molar-refractivity contribution < 1.29 is 0 Å². The first kappa shape index (κ1) is 13.9. The van der Waals surface area contributed by atoms with Gasteiger partial charge in [0.15, 0.2) is 0 Å². The van der Waals surface area contributed by atoms with E-state index in [1.165, 1.54) is 0 Å². The fourth-order valence-corrected chi connectivity index (χ4v) is 2.30. The summed E-state index contributed by atoms with van der Waals surface area (Å²) in [6.45, 7) is 1.94. The summed E-state index contributed by atoms with van der Waals surface area (Å²) < 4.78 is 1.04. The van der Waals surface area contributed by atoms with Crippen LogP contribution in [-0.2, 0) is 6.42 Å². The molecule has 1 aromatic carbocycles. The Morgan fingerprint density at radius 1 is 1.26 bits per heavy atom. The molecule has 0 saturated carbocycles. The number of benzene rings is 1. The predicted octanol–water partition coefficient (Wildman–Crippen LogP) is 2.79. The lowest BCUT2D eigenvalue weighted by atomic mass is 10.2. The third kappa shape index (κ3) is 2.74. The third-order valence-electron chi connectivity index (χ3n) is 2.71. The lowest BCUT2D eigenvalue weighted by Crippen LogP contribution is -2.36. The minimum atomic E-state index is -0.572. The van der Waals surface area contributed by atoms with E-state index in [0.717, 1.165) is 11.0 Å². The molecule has 0 fully saturated rings. The second-order valence-corrected chi connectivity index (χ2v) is 4.91. The van der Waals surface area contributed by atoms with Crippen LogP contribution >= 0.6 is 23.2 Å². The van der Waals surface area contributed by atoms with Gasteiger partial charge in [-0.15, -0.1) is 0 Å². The van der Waals surface area contributed by atoms with Gasteiger partial charge in [0, 0.05) is 5.02 Å². The number of rotatable bonds is 3. The smallest absolute Gasteiger partial charge is 0.297 e. The Kier molecular flexibility index (Phi) is 4.12. The number of nitrogens with one attached hydrogen (secondary N) is 1. The normalized spacial score (nSPS) is 10.7. The molecule has 0 saturated heterocycles. The van der Waals surface area contributed by atoms with E-state index < -0.39 is 11.2 Å². The van der Waals surface area contributed by atoms with Crippen LogP contribution < -0.4 is 11.2 Å². The van der Waals surface area contributed by atoms with Gasteiger partial charge in [-0.3, -0.25) is 9.78 Å². The van der Waals surface area contributed by atoms with Gasteiger partial charge in [0.05, 0.1) is 11.3 Å². The van der Waals surface area contributed by atoms with Crippen molar-refractivity contribution in [1.29, 1.82) is 0 Å². The summed E-state index contributed by atoms with van der Waals surface area (Å²) in [7, 11) is 0. The van der Waals surface area contributed by atoms with Crippen molar-refractivity contribution in [1.82, 2.24) is 9.55 Å². The number of hydrogen-bond donors (Lipinski definition) is 1. The molecule has 2 rings (SSSR count). The summed E-state index contributed by atoms with van der Waals surface area (Å²) in [4.78, 5) is 26.7. The second-order valence-electron chi connectivity index (χ2n) is 4.09. The van der Waals surface area contributed by atoms with Crippen molar-refractivity contribution in [3.63, 3.8) is 0 Å². The maximum absolute atomic E-state index is 12.3. The highest BCUT2D eigenvalue weighted by atomic mass is 35.5. The molecule has 1 heterocycles. The fourth-order valence-electron chi connectivity index (χ4n) is 1.86. The monoisotopic (exact) mass is 298 g/mol. The molecule has 0 aliphatic heterocycles. The van der Waals surface area contributed by atoms with E-state index in [-0.39, 0.29) is 5.15 Å². The van der Waals surface area contributed by atoms with E-state index in [2.05, 4.69) is 4.98 Å². The molecule has 0 aliphatic carbocycles. The quantitative estimate of drug-likeness (QED) is 0.886. The highest BCUT2D eigenvalue weighted by Crippen LogP contribution is 2.14. The van der Waals surface area contributed by atoms with Gasteiger partial charge < -0.3 is 0 Å². The van der Waals surface area contributed by atoms with Crippen molar-refractivity contribution in [3.05, 3.63) is 60.8 Å². The molecular weight excluding hydrogens is 287 g/mol. The summed E-state index contributed by atoms with van der Waals surface area (Å²) in [5, 5.41) is 0.561. The molecule has 19 heavy (non-hydrogen) atoms. The van der Waals surface area contributed by atoms with Gasteiger partial charge in [0.25, 0.3) is 5.56 Å². The van der Waals surface area contributed by atoms with Crippen LogP contribution in [0.5, 0.6) is 0 Å². The van der Waals surface area contributed by atoms with Crippen LogP contribution in [0.3, 0.4) is 0 Å². The average molecular weight is 299 g/mol. The van der Waals surface area contributed by atoms with Crippen LogP contribution in [0.2, 0.25) is 10.2 Å². The predicted molar refractivity (Wildman–Crippen MR) is 76.7 cm³/mol. The van der Waals surface area contributed by atoms with Crippen LogP contribution in [0.15, 0.2) is 33.9 Å². The van der Waals surface area contributed by atoms with Gasteiger partial charge in [-0.25, -0.2) is 9.36 Å². The molecule has 0 bridgehead atoms. The topological polar surface area (TPSA) is 54.9 Å². The average Bonchev–Trinajstić information content (AvgIpc) is 2.34. The van der Waals surface area contributed by atoms with E-state index in [4.69, 9.17) is 23.2 Å². The largest absolute Gasteiger partial charge is 0.334 e. The van der Waals surface area contributed by atoms with E-state index >= 15 is 0 Å². The number of nitrogens with zero attached hydrogens (tertiary/aromatic N) is 1. The first-order chi connectivity index (χ1) is 9.04. The first-order valence-electron chi connectivity index (χ1n) is 5.84. The van der Waals surface area contributed by atoms with Crippen LogP contribution in [0.1, 0.15) is 18.9 Å². The van der Waals surface area contributed by atoms with Crippen molar-refractivity contribution in [2.24, 2.45) is 0 Å². The molecule has 0 spiro atoms. The molecule has 0 aliphatic rings. The SMILES string of the molecule is CCCc1c(Cl)[nH]c(=O)n(-c2cccc(Cl)c2)c1=O. The maximum Gasteiger partial charge on any atom is 0.334 e. The second kappa shape index (κ2) is 5.63. The highest BCUT2D eigenvalue weighted by Gasteiger charge is 2.13. The number of halogens is 2. The zero-order chi connectivity index (χ0) is 14.0. The Labute approximate surface area is 119 Å². The summed E-state index contributed by atoms with van der Waals surface area (Å²) in [5.41, 5.74) is -0.147. The third-order valence-corrected chi connectivity index (χ3v) is 3.27. The van der Waals surface area contributed by atoms with Gasteiger partial charge >= 0.3 is 5.69 Å². The van der Waals surface area contributed by atoms with Crippen LogP contribution in [-0.4, -0.2) is 9.55 Å². The van der Waals surface area contributed by atoms with Crippen LogP contribution in [0, 0.1) is 0 Å². The minimum Gasteiger partial charge on any atom is -0.297 e. The van der Waals surface area contributed by atoms with Gasteiger partial charge in [-0.1, -0.05) is 42.6 Å². The Morgan fingerprint density at radius 2 is 2.00 bits per heavy atom. The number of aromatic nitrogens is 2. The Hall–Kier alpha value is -1.52. The van der Waals surface area contributed by atoms with Gasteiger partial charge in [0.2, 0.25) is 0 Å². The molecule has 1 N–H and O–H groups in total. The molecule has 0 radical (unpaired) electrons. The lowest BCUT2D eigenvalue weighted by Gasteiger charge is -2.08. The number of aromatic amines is 1. The molecule has 4 nitrogen and oxygen atoms in total. The van der Waals surface area contributed by atoms with Gasteiger partial charge in [0.1, 0.15) is 5.15 Å². The summed E-state index contributed by atoms with van der Waals surface area (Å²) >= 11 is 11.8. The minimum absolute atomic E-state index is 0.107. The Balaban J connectivity index is 2.74. The van der Waals surface area contributed by atoms with E-state index in [9.17, 15) is 9.59 Å². The summed E-state index contributed by atoms with van der Waals surface area (Å²) in [6.07, 6.45) is 1.27. The molecule has 0 atom stereocenters. The van der Waals surface area contributed by atoms with Crippen LogP contribution in [0.25, 0.3) is 5.69 Å². The van der Waals surface area contributed by atoms with Crippen molar-refractivity contribution in [2.45, 2.75) is 19.8 Å². The van der Waals surface area contributed by atoms with E-state index in [1.807, 2.05) is 6.92 Å². The van der Waals surface area contributed by atoms with E-state index in [0.29, 0.717) is 22.7 Å². The molecule has 2 aromatic rings. The maximum atomic E-state index is 12.3. The van der Waals surface area contributed by atoms with E-state index in [1.54, 1.807) is 24.3 Å². The van der Waals surface area contributed by atoms with Crippen molar-refractivity contribution in [3.8, 4) is 5.69 Å². The Morgan fingerprint density at radius 3 is 2.63 bits per heavy atom. The molecule has 1 aromatic heterocycles. The molecular formula is C13H12Cl2N2O2. The zero-order valence-electron chi connectivity index (χ0n) is 10.2. The van der Waals surface area contributed by atoms with Crippen molar-refractivity contribution in [2.75, 3.05) is 0 Å². The Bertz CT molecular complexity index is 719. The summed E-state index contributed by atoms with van der Waals surface area (Å²) in [5.74, 6) is 0. The molecule has 0 unspecified atom stereocenters. The number of H-pyrrole nitrogens is 1. The standard InChI is InChI=1S/C13H12Cl2N2O2/c1-2-4-10-11(15)16-13(19)17(12(10)18)9-6-3-5-8(14)7-9/h3,5-7H,2,4H2,1H3,(H,16,19). The summed E-state index contributed by atoms with van der Waals surface area (Å²) in [6, 6.07) is 6.55. The molecule has 6 heteroatoms. The van der Waals surface area contributed by atoms with Crippen LogP contribution in [0.4, 0.5) is 0 Å². The first-order valence-corrected chi connectivity index (χ1v) is 6.59. The molecule has 100 valence electrons.